The van der Waals surface area contributed by atoms with Crippen molar-refractivity contribution in [3.05, 3.63) is 0 Å². The van der Waals surface area contributed by atoms with E-state index in [1.165, 1.54) is 0 Å². The summed E-state index contributed by atoms with van der Waals surface area (Å²) >= 11 is 0. The Morgan fingerprint density at radius 2 is 2.58 bits per heavy atom. The molecule has 1 fully saturated rings. The summed E-state index contributed by atoms with van der Waals surface area (Å²) in [5.74, 6) is -0.109. The summed E-state index contributed by atoms with van der Waals surface area (Å²) in [5.41, 5.74) is 0. The molecule has 0 aromatic carbocycles. The fourth-order valence-corrected chi connectivity index (χ4v) is 1.24. The molecule has 1 atom stereocenters. The maximum atomic E-state index is 11.2. The second-order valence-electron chi connectivity index (χ2n) is 2.92. The van der Waals surface area contributed by atoms with E-state index in [1.54, 1.807) is 0 Å². The van der Waals surface area contributed by atoms with Crippen molar-refractivity contribution in [2.45, 2.75) is 18.9 Å². The van der Waals surface area contributed by atoms with E-state index < -0.39 is 0 Å². The highest BCUT2D eigenvalue weighted by Crippen LogP contribution is 2.05. The van der Waals surface area contributed by atoms with Crippen LogP contribution in [-0.2, 0) is 9.53 Å². The first-order chi connectivity index (χ1) is 5.84. The van der Waals surface area contributed by atoms with Crippen LogP contribution < -0.4 is 10.6 Å². The average Bonchev–Trinajstić information content (AvgIpc) is 2.56. The molecule has 0 radical (unpaired) electrons. The lowest BCUT2D eigenvalue weighted by molar-refractivity contribution is -0.145. The van der Waals surface area contributed by atoms with Crippen molar-refractivity contribution in [1.82, 2.24) is 10.6 Å². The van der Waals surface area contributed by atoms with Gasteiger partial charge in [0, 0.05) is 6.54 Å². The van der Waals surface area contributed by atoms with Crippen LogP contribution in [0.2, 0.25) is 0 Å². The number of likely N-dealkylation sites (N-methyl/N-ethyl adjacent to an activating group) is 1. The van der Waals surface area contributed by atoms with E-state index in [0.29, 0.717) is 6.61 Å². The van der Waals surface area contributed by atoms with Crippen molar-refractivity contribution >= 4 is 5.97 Å². The zero-order valence-electron chi connectivity index (χ0n) is 7.43. The molecular weight excluding hydrogens is 156 g/mol. The zero-order chi connectivity index (χ0) is 8.81. The first-order valence-corrected chi connectivity index (χ1v) is 4.39. The molecule has 1 aliphatic heterocycles. The molecule has 0 aromatic rings. The van der Waals surface area contributed by atoms with Gasteiger partial charge in [-0.05, 0) is 26.4 Å². The minimum absolute atomic E-state index is 0.0538. The minimum atomic E-state index is -0.109. The van der Waals surface area contributed by atoms with E-state index in [0.717, 1.165) is 25.9 Å². The summed E-state index contributed by atoms with van der Waals surface area (Å²) in [7, 11) is 1.83. The first-order valence-electron chi connectivity index (χ1n) is 4.39. The number of esters is 1. The SMILES string of the molecule is CNCCOC(=O)C1CCCN1. The van der Waals surface area contributed by atoms with Crippen LogP contribution in [0.25, 0.3) is 0 Å². The number of carbonyl (C=O) groups excluding carboxylic acids is 1. The number of carbonyl (C=O) groups is 1. The maximum absolute atomic E-state index is 11.2. The average molecular weight is 172 g/mol. The van der Waals surface area contributed by atoms with Gasteiger partial charge in [-0.15, -0.1) is 0 Å². The van der Waals surface area contributed by atoms with Crippen molar-refractivity contribution < 1.29 is 9.53 Å². The third kappa shape index (κ3) is 2.79. The Balaban J connectivity index is 2.10. The van der Waals surface area contributed by atoms with Crippen LogP contribution in [0.4, 0.5) is 0 Å². The highest BCUT2D eigenvalue weighted by Gasteiger charge is 2.22. The molecule has 1 saturated heterocycles. The Morgan fingerprint density at radius 1 is 1.75 bits per heavy atom. The van der Waals surface area contributed by atoms with Gasteiger partial charge in [-0.25, -0.2) is 0 Å². The van der Waals surface area contributed by atoms with E-state index in [2.05, 4.69) is 10.6 Å². The molecule has 1 heterocycles. The monoisotopic (exact) mass is 172 g/mol. The fraction of sp³-hybridized carbons (Fsp3) is 0.875. The molecule has 4 heteroatoms. The summed E-state index contributed by atoms with van der Waals surface area (Å²) in [5, 5.41) is 6.00. The van der Waals surface area contributed by atoms with E-state index >= 15 is 0 Å². The molecular formula is C8H16N2O2. The molecule has 0 spiro atoms. The number of hydrogen-bond donors (Lipinski definition) is 2. The number of rotatable bonds is 4. The predicted octanol–water partition coefficient (Wildman–Crippen LogP) is -0.499. The van der Waals surface area contributed by atoms with Crippen LogP contribution in [0, 0.1) is 0 Å². The number of hydrogen-bond acceptors (Lipinski definition) is 4. The lowest BCUT2D eigenvalue weighted by Crippen LogP contribution is -2.33. The van der Waals surface area contributed by atoms with Gasteiger partial charge in [-0.2, -0.15) is 0 Å². The standard InChI is InChI=1S/C8H16N2O2/c1-9-5-6-12-8(11)7-3-2-4-10-7/h7,9-10H,2-6H2,1H3. The largest absolute Gasteiger partial charge is 0.463 e. The van der Waals surface area contributed by atoms with Crippen molar-refractivity contribution in [1.29, 1.82) is 0 Å². The van der Waals surface area contributed by atoms with Gasteiger partial charge in [0.05, 0.1) is 0 Å². The summed E-state index contributed by atoms with van der Waals surface area (Å²) in [4.78, 5) is 11.2. The van der Waals surface area contributed by atoms with Crippen LogP contribution in [0.5, 0.6) is 0 Å². The van der Waals surface area contributed by atoms with Gasteiger partial charge in [-0.3, -0.25) is 4.79 Å². The third-order valence-corrected chi connectivity index (χ3v) is 1.94. The van der Waals surface area contributed by atoms with Crippen LogP contribution >= 0.6 is 0 Å². The molecule has 12 heavy (non-hydrogen) atoms. The molecule has 4 nitrogen and oxygen atoms in total. The Morgan fingerprint density at radius 3 is 3.17 bits per heavy atom. The molecule has 1 aliphatic rings. The lowest BCUT2D eigenvalue weighted by atomic mass is 10.2. The van der Waals surface area contributed by atoms with Crippen LogP contribution in [-0.4, -0.2) is 38.8 Å². The summed E-state index contributed by atoms with van der Waals surface area (Å²) in [6, 6.07) is -0.0538. The molecule has 2 N–H and O–H groups in total. The van der Waals surface area contributed by atoms with Gasteiger partial charge in [0.2, 0.25) is 0 Å². The molecule has 1 rings (SSSR count). The summed E-state index contributed by atoms with van der Waals surface area (Å²) in [6.45, 7) is 2.12. The second-order valence-corrected chi connectivity index (χ2v) is 2.92. The second kappa shape index (κ2) is 5.11. The van der Waals surface area contributed by atoms with Crippen molar-refractivity contribution in [2.24, 2.45) is 0 Å². The number of nitrogens with one attached hydrogen (secondary N) is 2. The normalized spacial score (nSPS) is 22.6. The molecule has 0 aliphatic carbocycles. The lowest BCUT2D eigenvalue weighted by Gasteiger charge is -2.09. The molecule has 0 amide bonds. The molecule has 1 unspecified atom stereocenters. The highest BCUT2D eigenvalue weighted by molar-refractivity contribution is 5.76. The molecule has 0 bridgehead atoms. The Hall–Kier alpha value is -0.610. The van der Waals surface area contributed by atoms with Gasteiger partial charge >= 0.3 is 5.97 Å². The minimum Gasteiger partial charge on any atom is -0.463 e. The Bertz CT molecular complexity index is 144. The van der Waals surface area contributed by atoms with Gasteiger partial charge in [0.15, 0.2) is 0 Å². The van der Waals surface area contributed by atoms with Crippen molar-refractivity contribution in [3.8, 4) is 0 Å². The van der Waals surface area contributed by atoms with Gasteiger partial charge in [0.1, 0.15) is 12.6 Å². The maximum Gasteiger partial charge on any atom is 0.323 e. The number of ether oxygens (including phenoxy) is 1. The Labute approximate surface area is 72.7 Å². The molecule has 0 saturated carbocycles. The smallest absolute Gasteiger partial charge is 0.323 e. The van der Waals surface area contributed by atoms with Gasteiger partial charge in [0.25, 0.3) is 0 Å². The van der Waals surface area contributed by atoms with Gasteiger partial charge < -0.3 is 15.4 Å². The van der Waals surface area contributed by atoms with Crippen molar-refractivity contribution in [2.75, 3.05) is 26.7 Å². The summed E-state index contributed by atoms with van der Waals surface area (Å²) in [6.07, 6.45) is 1.99. The van der Waals surface area contributed by atoms with E-state index in [9.17, 15) is 4.79 Å². The van der Waals surface area contributed by atoms with E-state index in [-0.39, 0.29) is 12.0 Å². The predicted molar refractivity (Wildman–Crippen MR) is 45.9 cm³/mol. The quantitative estimate of drug-likeness (QED) is 0.443. The van der Waals surface area contributed by atoms with Gasteiger partial charge in [-0.1, -0.05) is 0 Å². The fourth-order valence-electron chi connectivity index (χ4n) is 1.24. The molecule has 70 valence electrons. The van der Waals surface area contributed by atoms with Crippen LogP contribution in [0.15, 0.2) is 0 Å². The van der Waals surface area contributed by atoms with E-state index in [1.807, 2.05) is 7.05 Å². The first kappa shape index (κ1) is 9.48. The topological polar surface area (TPSA) is 50.4 Å². The van der Waals surface area contributed by atoms with E-state index in [4.69, 9.17) is 4.74 Å². The zero-order valence-corrected chi connectivity index (χ0v) is 7.43. The third-order valence-electron chi connectivity index (χ3n) is 1.94. The van der Waals surface area contributed by atoms with Crippen molar-refractivity contribution in [3.63, 3.8) is 0 Å². The highest BCUT2D eigenvalue weighted by atomic mass is 16.5. The summed E-state index contributed by atoms with van der Waals surface area (Å²) < 4.78 is 5.00. The van der Waals surface area contributed by atoms with Crippen LogP contribution in [0.1, 0.15) is 12.8 Å². The Kier molecular flexibility index (Phi) is 4.04. The molecule has 0 aromatic heterocycles. The van der Waals surface area contributed by atoms with Crippen LogP contribution in [0.3, 0.4) is 0 Å².